The van der Waals surface area contributed by atoms with Crippen molar-refractivity contribution in [2.24, 2.45) is 0 Å². The maximum Gasteiger partial charge on any atom is 0.341 e. The van der Waals surface area contributed by atoms with Gasteiger partial charge in [-0.1, -0.05) is 41.9 Å². The smallest absolute Gasteiger partial charge is 0.341 e. The fourth-order valence-electron chi connectivity index (χ4n) is 2.68. The highest BCUT2D eigenvalue weighted by Crippen LogP contribution is 2.32. The van der Waals surface area contributed by atoms with Gasteiger partial charge in [0.25, 0.3) is 0 Å². The van der Waals surface area contributed by atoms with E-state index >= 15 is 0 Å². The maximum atomic E-state index is 12.1. The second-order valence-corrected chi connectivity index (χ2v) is 6.62. The minimum Gasteiger partial charge on any atom is -0.481 e. The summed E-state index contributed by atoms with van der Waals surface area (Å²) >= 11 is 6.08. The molecule has 7 nitrogen and oxygen atoms in total. The van der Waals surface area contributed by atoms with Crippen LogP contribution in [0.2, 0.25) is 5.02 Å². The molecular weight excluding hydrogens is 394 g/mol. The van der Waals surface area contributed by atoms with Gasteiger partial charge in [0, 0.05) is 35.5 Å². The summed E-state index contributed by atoms with van der Waals surface area (Å²) in [5, 5.41) is 9.31. The first-order chi connectivity index (χ1) is 13.9. The van der Waals surface area contributed by atoms with Crippen LogP contribution in [0.1, 0.15) is 12.5 Å². The average Bonchev–Trinajstić information content (AvgIpc) is 2.72. The number of rotatable bonds is 7. The van der Waals surface area contributed by atoms with Gasteiger partial charge in [0.05, 0.1) is 6.54 Å². The van der Waals surface area contributed by atoms with Crippen molar-refractivity contribution in [3.63, 3.8) is 0 Å². The third-order valence-corrected chi connectivity index (χ3v) is 4.28. The van der Waals surface area contributed by atoms with Crippen molar-refractivity contribution in [3.05, 3.63) is 71.5 Å². The predicted octanol–water partition coefficient (Wildman–Crippen LogP) is 3.81. The molecule has 3 aromatic rings. The lowest BCUT2D eigenvalue weighted by molar-refractivity contribution is -0.139. The van der Waals surface area contributed by atoms with Gasteiger partial charge in [-0.15, -0.1) is 0 Å². The number of hydrogen-bond donors (Lipinski definition) is 1. The lowest BCUT2D eigenvalue weighted by Crippen LogP contribution is -2.29. The first kappa shape index (κ1) is 20.3. The van der Waals surface area contributed by atoms with Crippen molar-refractivity contribution in [1.82, 2.24) is 9.97 Å². The van der Waals surface area contributed by atoms with E-state index in [1.165, 1.54) is 11.8 Å². The van der Waals surface area contributed by atoms with E-state index in [2.05, 4.69) is 9.97 Å². The highest BCUT2D eigenvalue weighted by molar-refractivity contribution is 6.31. The van der Waals surface area contributed by atoms with Crippen molar-refractivity contribution in [1.29, 1.82) is 0 Å². The summed E-state index contributed by atoms with van der Waals surface area (Å²) in [6.07, 6.45) is 3.09. The minimum absolute atomic E-state index is 0.185. The number of carboxylic acid groups (broad SMARTS) is 1. The third kappa shape index (κ3) is 5.30. The highest BCUT2D eigenvalue weighted by atomic mass is 35.5. The van der Waals surface area contributed by atoms with Crippen molar-refractivity contribution < 1.29 is 19.4 Å². The van der Waals surface area contributed by atoms with E-state index in [9.17, 15) is 9.59 Å². The fourth-order valence-corrected chi connectivity index (χ4v) is 2.85. The Kier molecular flexibility index (Phi) is 6.41. The summed E-state index contributed by atoms with van der Waals surface area (Å²) in [4.78, 5) is 33.0. The molecule has 0 fully saturated rings. The molecule has 0 radical (unpaired) electrons. The van der Waals surface area contributed by atoms with Crippen LogP contribution in [0, 0.1) is 0 Å². The molecule has 1 N–H and O–H groups in total. The molecule has 3 rings (SSSR count). The Balaban J connectivity index is 1.88. The van der Waals surface area contributed by atoms with Gasteiger partial charge in [0.2, 0.25) is 11.9 Å². The Hall–Kier alpha value is -3.45. The molecule has 1 amide bonds. The molecule has 0 spiro atoms. The van der Waals surface area contributed by atoms with Gasteiger partial charge in [-0.2, -0.15) is 0 Å². The van der Waals surface area contributed by atoms with Gasteiger partial charge >= 0.3 is 5.97 Å². The Bertz CT molecular complexity index is 1010. The summed E-state index contributed by atoms with van der Waals surface area (Å²) in [6, 6.07) is 14.4. The van der Waals surface area contributed by atoms with E-state index in [1.807, 2.05) is 30.3 Å². The van der Waals surface area contributed by atoms with Crippen LogP contribution in [0.3, 0.4) is 0 Å². The van der Waals surface area contributed by atoms with E-state index in [4.69, 9.17) is 21.4 Å². The van der Waals surface area contributed by atoms with Crippen molar-refractivity contribution in [2.45, 2.75) is 13.5 Å². The zero-order chi connectivity index (χ0) is 20.8. The second kappa shape index (κ2) is 9.16. The molecule has 1 heterocycles. The Morgan fingerprint density at radius 2 is 1.79 bits per heavy atom. The zero-order valence-electron chi connectivity index (χ0n) is 15.6. The molecule has 0 saturated heterocycles. The molecule has 0 aliphatic carbocycles. The van der Waals surface area contributed by atoms with Crippen molar-refractivity contribution in [3.8, 4) is 16.9 Å². The van der Waals surface area contributed by atoms with Crippen LogP contribution in [0.25, 0.3) is 11.1 Å². The van der Waals surface area contributed by atoms with Gasteiger partial charge in [-0.25, -0.2) is 14.8 Å². The summed E-state index contributed by atoms with van der Waals surface area (Å²) in [5.74, 6) is -0.661. The van der Waals surface area contributed by atoms with Crippen molar-refractivity contribution in [2.75, 3.05) is 11.5 Å². The van der Waals surface area contributed by atoms with Crippen LogP contribution >= 0.6 is 11.6 Å². The number of aliphatic carboxylic acids is 1. The lowest BCUT2D eigenvalue weighted by Gasteiger charge is -2.19. The number of halogens is 1. The number of anilines is 1. The molecule has 8 heteroatoms. The van der Waals surface area contributed by atoms with Crippen LogP contribution in [0.15, 0.2) is 60.9 Å². The number of benzene rings is 2. The monoisotopic (exact) mass is 411 g/mol. The number of carboxylic acids is 1. The molecule has 0 atom stereocenters. The van der Waals surface area contributed by atoms with Crippen LogP contribution in [-0.2, 0) is 16.1 Å². The first-order valence-corrected chi connectivity index (χ1v) is 9.10. The zero-order valence-corrected chi connectivity index (χ0v) is 16.3. The molecule has 29 heavy (non-hydrogen) atoms. The van der Waals surface area contributed by atoms with Crippen LogP contribution < -0.4 is 9.64 Å². The quantitative estimate of drug-likeness (QED) is 0.635. The van der Waals surface area contributed by atoms with E-state index in [-0.39, 0.29) is 11.9 Å². The van der Waals surface area contributed by atoms with Gasteiger partial charge in [-0.3, -0.25) is 9.69 Å². The van der Waals surface area contributed by atoms with Gasteiger partial charge in [-0.05, 0) is 23.8 Å². The molecule has 0 aliphatic heterocycles. The Morgan fingerprint density at radius 3 is 2.41 bits per heavy atom. The summed E-state index contributed by atoms with van der Waals surface area (Å²) in [6.45, 7) is 1.32. The number of amides is 1. The average molecular weight is 412 g/mol. The summed E-state index contributed by atoms with van der Waals surface area (Å²) < 4.78 is 5.32. The largest absolute Gasteiger partial charge is 0.481 e. The summed E-state index contributed by atoms with van der Waals surface area (Å²) in [7, 11) is 0. The highest BCUT2D eigenvalue weighted by Gasteiger charge is 2.16. The molecule has 0 saturated carbocycles. The SMILES string of the molecule is CC(=O)N(Cc1ccccc1)c1ncc(-c2cc(Cl)ccc2OCC(=O)O)cn1. The Morgan fingerprint density at radius 1 is 1.10 bits per heavy atom. The molecule has 1 aromatic heterocycles. The van der Waals surface area contributed by atoms with Gasteiger partial charge in [0.15, 0.2) is 6.61 Å². The number of ether oxygens (including phenoxy) is 1. The molecule has 0 unspecified atom stereocenters. The normalized spacial score (nSPS) is 10.4. The number of aromatic nitrogens is 2. The fraction of sp³-hybridized carbons (Fsp3) is 0.143. The van der Waals surface area contributed by atoms with Crippen molar-refractivity contribution >= 4 is 29.4 Å². The van der Waals surface area contributed by atoms with Gasteiger partial charge in [0.1, 0.15) is 5.75 Å². The first-order valence-electron chi connectivity index (χ1n) is 8.72. The number of carbonyl (C=O) groups is 2. The van der Waals surface area contributed by atoms with E-state index in [0.717, 1.165) is 5.56 Å². The Labute approximate surface area is 172 Å². The molecule has 0 bridgehead atoms. The number of nitrogens with zero attached hydrogens (tertiary/aromatic N) is 3. The minimum atomic E-state index is -1.09. The molecular formula is C21H18ClN3O4. The number of hydrogen-bond acceptors (Lipinski definition) is 5. The number of carbonyl (C=O) groups excluding carboxylic acids is 1. The predicted molar refractivity (Wildman–Crippen MR) is 109 cm³/mol. The topological polar surface area (TPSA) is 92.6 Å². The standard InChI is InChI=1S/C21H18ClN3O4/c1-14(26)25(12-15-5-3-2-4-6-15)21-23-10-16(11-24-21)18-9-17(22)7-8-19(18)29-13-20(27)28/h2-11H,12-13H2,1H3,(H,27,28). The summed E-state index contributed by atoms with van der Waals surface area (Å²) in [5.41, 5.74) is 2.09. The maximum absolute atomic E-state index is 12.1. The second-order valence-electron chi connectivity index (χ2n) is 6.19. The van der Waals surface area contributed by atoms with Crippen LogP contribution in [0.4, 0.5) is 5.95 Å². The van der Waals surface area contributed by atoms with E-state index in [0.29, 0.717) is 28.4 Å². The van der Waals surface area contributed by atoms with Crippen LogP contribution in [0.5, 0.6) is 5.75 Å². The van der Waals surface area contributed by atoms with Crippen LogP contribution in [-0.4, -0.2) is 33.6 Å². The third-order valence-electron chi connectivity index (χ3n) is 4.05. The van der Waals surface area contributed by atoms with E-state index in [1.54, 1.807) is 30.6 Å². The van der Waals surface area contributed by atoms with Gasteiger partial charge < -0.3 is 9.84 Å². The molecule has 148 valence electrons. The molecule has 0 aliphatic rings. The lowest BCUT2D eigenvalue weighted by atomic mass is 10.1. The van der Waals surface area contributed by atoms with E-state index < -0.39 is 12.6 Å². The molecule has 2 aromatic carbocycles.